The smallest absolute Gasteiger partial charge is 0.0897 e. The van der Waals surface area contributed by atoms with E-state index in [1.54, 1.807) is 11.3 Å². The van der Waals surface area contributed by atoms with E-state index >= 15 is 0 Å². The van der Waals surface area contributed by atoms with Crippen LogP contribution in [0.25, 0.3) is 0 Å². The van der Waals surface area contributed by atoms with Crippen molar-refractivity contribution in [3.05, 3.63) is 16.1 Å². The molecule has 1 aliphatic rings. The number of hydrogen-bond donors (Lipinski definition) is 1. The highest BCUT2D eigenvalue weighted by Gasteiger charge is 2.14. The molecule has 1 aromatic heterocycles. The molecule has 1 aromatic rings. The summed E-state index contributed by atoms with van der Waals surface area (Å²) in [6.07, 6.45) is 3.08. The van der Waals surface area contributed by atoms with Gasteiger partial charge in [-0.15, -0.1) is 11.3 Å². The molecule has 2 heterocycles. The van der Waals surface area contributed by atoms with Crippen molar-refractivity contribution < 1.29 is 4.74 Å². The molecule has 0 aromatic carbocycles. The Balaban J connectivity index is 1.78. The third kappa shape index (κ3) is 2.49. The van der Waals surface area contributed by atoms with Gasteiger partial charge in [-0.1, -0.05) is 0 Å². The van der Waals surface area contributed by atoms with E-state index < -0.39 is 0 Å². The van der Waals surface area contributed by atoms with Gasteiger partial charge in [0.1, 0.15) is 0 Å². The van der Waals surface area contributed by atoms with E-state index in [9.17, 15) is 0 Å². The van der Waals surface area contributed by atoms with Crippen LogP contribution in [-0.2, 0) is 11.3 Å². The molecule has 0 bridgehead atoms. The first-order chi connectivity index (χ1) is 6.34. The van der Waals surface area contributed by atoms with Gasteiger partial charge in [-0.25, -0.2) is 4.98 Å². The average molecular weight is 198 g/mol. The molecule has 1 N–H and O–H groups in total. The zero-order chi connectivity index (χ0) is 9.10. The highest BCUT2D eigenvalue weighted by Crippen LogP contribution is 2.12. The summed E-state index contributed by atoms with van der Waals surface area (Å²) in [4.78, 5) is 5.52. The molecule has 1 fully saturated rings. The predicted octanol–water partition coefficient (Wildman–Crippen LogP) is 1.33. The molecule has 1 saturated heterocycles. The van der Waals surface area contributed by atoms with Crippen LogP contribution in [0.3, 0.4) is 0 Å². The SMILES string of the molecule is Cc1ncc(CNC2CCOC2)s1. The fourth-order valence-corrected chi connectivity index (χ4v) is 2.17. The van der Waals surface area contributed by atoms with Gasteiger partial charge in [0.2, 0.25) is 0 Å². The minimum Gasteiger partial charge on any atom is -0.380 e. The molecule has 1 atom stereocenters. The molecular weight excluding hydrogens is 184 g/mol. The molecule has 1 unspecified atom stereocenters. The monoisotopic (exact) mass is 198 g/mol. The van der Waals surface area contributed by atoms with Crippen LogP contribution in [-0.4, -0.2) is 24.2 Å². The minimum atomic E-state index is 0.544. The zero-order valence-corrected chi connectivity index (χ0v) is 8.56. The van der Waals surface area contributed by atoms with Gasteiger partial charge in [0.15, 0.2) is 0 Å². The highest BCUT2D eigenvalue weighted by molar-refractivity contribution is 7.11. The van der Waals surface area contributed by atoms with Gasteiger partial charge in [-0.3, -0.25) is 0 Å². The number of hydrogen-bond acceptors (Lipinski definition) is 4. The van der Waals surface area contributed by atoms with Crippen LogP contribution in [0, 0.1) is 6.92 Å². The van der Waals surface area contributed by atoms with Crippen molar-refractivity contribution in [3.8, 4) is 0 Å². The lowest BCUT2D eigenvalue weighted by Crippen LogP contribution is -2.28. The first-order valence-corrected chi connectivity index (χ1v) is 5.38. The van der Waals surface area contributed by atoms with Crippen LogP contribution < -0.4 is 5.32 Å². The molecule has 72 valence electrons. The van der Waals surface area contributed by atoms with E-state index in [1.807, 2.05) is 13.1 Å². The van der Waals surface area contributed by atoms with Crippen LogP contribution in [0.2, 0.25) is 0 Å². The Morgan fingerprint density at radius 3 is 3.31 bits per heavy atom. The molecule has 4 heteroatoms. The lowest BCUT2D eigenvalue weighted by Gasteiger charge is -2.07. The molecule has 0 aliphatic carbocycles. The largest absolute Gasteiger partial charge is 0.380 e. The summed E-state index contributed by atoms with van der Waals surface area (Å²) in [5.74, 6) is 0. The summed E-state index contributed by atoms with van der Waals surface area (Å²) in [6, 6.07) is 0.544. The Kier molecular flexibility index (Phi) is 2.93. The van der Waals surface area contributed by atoms with Crippen molar-refractivity contribution in [2.45, 2.75) is 25.9 Å². The Labute approximate surface area is 82.1 Å². The Hall–Kier alpha value is -0.450. The second-order valence-corrected chi connectivity index (χ2v) is 4.61. The van der Waals surface area contributed by atoms with Crippen LogP contribution in [0.5, 0.6) is 0 Å². The van der Waals surface area contributed by atoms with Gasteiger partial charge in [-0.2, -0.15) is 0 Å². The van der Waals surface area contributed by atoms with Crippen LogP contribution in [0.1, 0.15) is 16.3 Å². The van der Waals surface area contributed by atoms with E-state index in [-0.39, 0.29) is 0 Å². The highest BCUT2D eigenvalue weighted by atomic mass is 32.1. The lowest BCUT2D eigenvalue weighted by atomic mass is 10.2. The normalized spacial score (nSPS) is 22.4. The molecule has 0 spiro atoms. The van der Waals surface area contributed by atoms with Crippen molar-refractivity contribution in [1.29, 1.82) is 0 Å². The van der Waals surface area contributed by atoms with E-state index in [2.05, 4.69) is 10.3 Å². The predicted molar refractivity (Wildman–Crippen MR) is 52.9 cm³/mol. The van der Waals surface area contributed by atoms with E-state index in [1.165, 1.54) is 4.88 Å². The first-order valence-electron chi connectivity index (χ1n) is 4.57. The molecule has 2 rings (SSSR count). The Bertz CT molecular complexity index is 268. The number of aryl methyl sites for hydroxylation is 1. The van der Waals surface area contributed by atoms with Crippen molar-refractivity contribution in [2.24, 2.45) is 0 Å². The van der Waals surface area contributed by atoms with E-state index in [0.29, 0.717) is 6.04 Å². The number of rotatable bonds is 3. The van der Waals surface area contributed by atoms with Crippen molar-refractivity contribution in [3.63, 3.8) is 0 Å². The molecule has 1 aliphatic heterocycles. The van der Waals surface area contributed by atoms with Gasteiger partial charge in [0, 0.05) is 30.3 Å². The van der Waals surface area contributed by atoms with Crippen LogP contribution in [0.4, 0.5) is 0 Å². The molecule has 13 heavy (non-hydrogen) atoms. The summed E-state index contributed by atoms with van der Waals surface area (Å²) in [6.45, 7) is 4.73. The fourth-order valence-electron chi connectivity index (χ4n) is 1.43. The van der Waals surface area contributed by atoms with E-state index in [4.69, 9.17) is 4.74 Å². The topological polar surface area (TPSA) is 34.2 Å². The minimum absolute atomic E-state index is 0.544. The molecule has 3 nitrogen and oxygen atoms in total. The average Bonchev–Trinajstić information content (AvgIpc) is 2.71. The number of ether oxygens (including phenoxy) is 1. The lowest BCUT2D eigenvalue weighted by molar-refractivity contribution is 0.190. The second-order valence-electron chi connectivity index (χ2n) is 3.29. The van der Waals surface area contributed by atoms with Gasteiger partial charge in [-0.05, 0) is 13.3 Å². The van der Waals surface area contributed by atoms with Crippen molar-refractivity contribution in [2.75, 3.05) is 13.2 Å². The Morgan fingerprint density at radius 2 is 2.69 bits per heavy atom. The van der Waals surface area contributed by atoms with E-state index in [0.717, 1.165) is 31.2 Å². The maximum Gasteiger partial charge on any atom is 0.0897 e. The third-order valence-corrected chi connectivity index (χ3v) is 3.08. The second kappa shape index (κ2) is 4.17. The third-order valence-electron chi connectivity index (χ3n) is 2.16. The number of aromatic nitrogens is 1. The Morgan fingerprint density at radius 1 is 1.77 bits per heavy atom. The van der Waals surface area contributed by atoms with Crippen LogP contribution >= 0.6 is 11.3 Å². The maximum atomic E-state index is 5.28. The fraction of sp³-hybridized carbons (Fsp3) is 0.667. The maximum absolute atomic E-state index is 5.28. The van der Waals surface area contributed by atoms with Gasteiger partial charge >= 0.3 is 0 Å². The van der Waals surface area contributed by atoms with Gasteiger partial charge < -0.3 is 10.1 Å². The summed E-state index contributed by atoms with van der Waals surface area (Å²) in [5.41, 5.74) is 0. The van der Waals surface area contributed by atoms with Gasteiger partial charge in [0.25, 0.3) is 0 Å². The number of nitrogens with zero attached hydrogens (tertiary/aromatic N) is 1. The summed E-state index contributed by atoms with van der Waals surface area (Å²) < 4.78 is 5.28. The summed E-state index contributed by atoms with van der Waals surface area (Å²) >= 11 is 1.76. The quantitative estimate of drug-likeness (QED) is 0.795. The molecular formula is C9H14N2OS. The molecule has 0 saturated carbocycles. The number of nitrogens with one attached hydrogen (secondary N) is 1. The number of thiazole rings is 1. The standard InChI is InChI=1S/C9H14N2OS/c1-7-10-4-9(13-7)5-11-8-2-3-12-6-8/h4,8,11H,2-3,5-6H2,1H3. The zero-order valence-electron chi connectivity index (χ0n) is 7.75. The van der Waals surface area contributed by atoms with Crippen molar-refractivity contribution in [1.82, 2.24) is 10.3 Å². The molecule has 0 radical (unpaired) electrons. The van der Waals surface area contributed by atoms with Crippen LogP contribution in [0.15, 0.2) is 6.20 Å². The van der Waals surface area contributed by atoms with Crippen molar-refractivity contribution >= 4 is 11.3 Å². The van der Waals surface area contributed by atoms with Gasteiger partial charge in [0.05, 0.1) is 11.6 Å². The first kappa shape index (κ1) is 9.12. The summed E-state index contributed by atoms with van der Waals surface area (Å²) in [7, 11) is 0. The summed E-state index contributed by atoms with van der Waals surface area (Å²) in [5, 5.41) is 4.60. The molecule has 0 amide bonds.